The lowest BCUT2D eigenvalue weighted by Crippen LogP contribution is -2.43. The Morgan fingerprint density at radius 1 is 1.12 bits per heavy atom. The van der Waals surface area contributed by atoms with Crippen LogP contribution in [0.4, 0.5) is 0 Å². The van der Waals surface area contributed by atoms with Crippen molar-refractivity contribution >= 4 is 10.9 Å². The van der Waals surface area contributed by atoms with Crippen molar-refractivity contribution in [3.63, 3.8) is 0 Å². The number of benzene rings is 1. The standard InChI is InChI=1S/C20H28N4O/c1-16-13-22(9-11-23(14-16)17-5-4-6-17)10-12-24-15-21-19-8-3-2-7-18(19)20(24)25/h2-3,7-8,15-17H,4-6,9-14H2,1H3/t16-/m0/s1. The lowest BCUT2D eigenvalue weighted by atomic mass is 9.91. The van der Waals surface area contributed by atoms with Crippen LogP contribution in [0.2, 0.25) is 0 Å². The van der Waals surface area contributed by atoms with Crippen LogP contribution in [0.3, 0.4) is 0 Å². The molecule has 1 atom stereocenters. The predicted octanol–water partition coefficient (Wildman–Crippen LogP) is 2.20. The molecule has 0 N–H and O–H groups in total. The summed E-state index contributed by atoms with van der Waals surface area (Å²) in [6.07, 6.45) is 5.86. The first-order chi connectivity index (χ1) is 12.2. The lowest BCUT2D eigenvalue weighted by Gasteiger charge is -2.37. The van der Waals surface area contributed by atoms with Crippen molar-refractivity contribution in [2.75, 3.05) is 32.7 Å². The second-order valence-electron chi connectivity index (χ2n) is 7.75. The molecule has 0 radical (unpaired) electrons. The van der Waals surface area contributed by atoms with E-state index in [0.717, 1.165) is 31.2 Å². The highest BCUT2D eigenvalue weighted by Gasteiger charge is 2.28. The molecule has 0 spiro atoms. The van der Waals surface area contributed by atoms with Gasteiger partial charge in [0.05, 0.1) is 17.2 Å². The molecule has 134 valence electrons. The first-order valence-corrected chi connectivity index (χ1v) is 9.61. The molecule has 4 rings (SSSR count). The summed E-state index contributed by atoms with van der Waals surface area (Å²) in [7, 11) is 0. The van der Waals surface area contributed by atoms with E-state index in [4.69, 9.17) is 0 Å². The van der Waals surface area contributed by atoms with E-state index in [1.807, 2.05) is 24.3 Å². The molecular formula is C20H28N4O. The van der Waals surface area contributed by atoms with Gasteiger partial charge in [0.15, 0.2) is 0 Å². The second kappa shape index (κ2) is 7.26. The minimum atomic E-state index is 0.0737. The number of para-hydroxylation sites is 1. The molecule has 0 bridgehead atoms. The zero-order valence-corrected chi connectivity index (χ0v) is 15.1. The molecule has 1 aliphatic carbocycles. The van der Waals surface area contributed by atoms with Crippen LogP contribution in [0.5, 0.6) is 0 Å². The number of nitrogens with zero attached hydrogens (tertiary/aromatic N) is 4. The third kappa shape index (κ3) is 3.62. The largest absolute Gasteiger partial charge is 0.300 e. The lowest BCUT2D eigenvalue weighted by molar-refractivity contribution is 0.122. The summed E-state index contributed by atoms with van der Waals surface area (Å²) in [6.45, 7) is 8.61. The van der Waals surface area contributed by atoms with Crippen molar-refractivity contribution in [3.8, 4) is 0 Å². The van der Waals surface area contributed by atoms with Crippen LogP contribution in [-0.4, -0.2) is 58.1 Å². The van der Waals surface area contributed by atoms with Gasteiger partial charge in [-0.25, -0.2) is 4.98 Å². The average Bonchev–Trinajstić information content (AvgIpc) is 2.74. The van der Waals surface area contributed by atoms with E-state index < -0.39 is 0 Å². The molecule has 0 amide bonds. The average molecular weight is 340 g/mol. The molecule has 2 aromatic rings. The molecular weight excluding hydrogens is 312 g/mol. The Hall–Kier alpha value is -1.72. The highest BCUT2D eigenvalue weighted by Crippen LogP contribution is 2.26. The highest BCUT2D eigenvalue weighted by atomic mass is 16.1. The fourth-order valence-corrected chi connectivity index (χ4v) is 4.15. The summed E-state index contributed by atoms with van der Waals surface area (Å²) in [5.74, 6) is 0.689. The fraction of sp³-hybridized carbons (Fsp3) is 0.600. The normalized spacial score (nSPS) is 23.5. The number of hydrogen-bond donors (Lipinski definition) is 0. The van der Waals surface area contributed by atoms with Gasteiger partial charge in [-0.2, -0.15) is 0 Å². The first kappa shape index (κ1) is 16.7. The third-order valence-corrected chi connectivity index (χ3v) is 5.80. The van der Waals surface area contributed by atoms with E-state index >= 15 is 0 Å². The molecule has 0 unspecified atom stereocenters. The first-order valence-electron chi connectivity index (χ1n) is 9.61. The number of rotatable bonds is 4. The van der Waals surface area contributed by atoms with Gasteiger partial charge in [0.25, 0.3) is 5.56 Å². The van der Waals surface area contributed by atoms with Crippen molar-refractivity contribution in [1.82, 2.24) is 19.4 Å². The highest BCUT2D eigenvalue weighted by molar-refractivity contribution is 5.76. The van der Waals surface area contributed by atoms with Crippen LogP contribution >= 0.6 is 0 Å². The smallest absolute Gasteiger partial charge is 0.261 e. The molecule has 25 heavy (non-hydrogen) atoms. The zero-order valence-electron chi connectivity index (χ0n) is 15.1. The van der Waals surface area contributed by atoms with Crippen molar-refractivity contribution in [2.45, 2.75) is 38.8 Å². The monoisotopic (exact) mass is 340 g/mol. The van der Waals surface area contributed by atoms with Crippen LogP contribution in [0.25, 0.3) is 10.9 Å². The van der Waals surface area contributed by atoms with E-state index in [1.54, 1.807) is 10.9 Å². The maximum Gasteiger partial charge on any atom is 0.261 e. The van der Waals surface area contributed by atoms with Gasteiger partial charge in [-0.15, -0.1) is 0 Å². The van der Waals surface area contributed by atoms with Gasteiger partial charge < -0.3 is 0 Å². The third-order valence-electron chi connectivity index (χ3n) is 5.80. The van der Waals surface area contributed by atoms with Crippen LogP contribution < -0.4 is 5.56 Å². The summed E-state index contributed by atoms with van der Waals surface area (Å²) >= 11 is 0. The van der Waals surface area contributed by atoms with E-state index in [-0.39, 0.29) is 5.56 Å². The molecule has 2 aliphatic rings. The van der Waals surface area contributed by atoms with Gasteiger partial charge in [-0.1, -0.05) is 25.5 Å². The van der Waals surface area contributed by atoms with Gasteiger partial charge in [0, 0.05) is 45.3 Å². The van der Waals surface area contributed by atoms with E-state index in [9.17, 15) is 4.79 Å². The van der Waals surface area contributed by atoms with E-state index in [2.05, 4.69) is 21.7 Å². The van der Waals surface area contributed by atoms with Gasteiger partial charge in [0.2, 0.25) is 0 Å². The van der Waals surface area contributed by atoms with Gasteiger partial charge in [-0.05, 0) is 30.9 Å². The van der Waals surface area contributed by atoms with Crippen molar-refractivity contribution in [3.05, 3.63) is 40.9 Å². The number of fused-ring (bicyclic) bond motifs is 1. The summed E-state index contributed by atoms with van der Waals surface area (Å²) in [5.41, 5.74) is 0.854. The Balaban J connectivity index is 1.41. The molecule has 5 nitrogen and oxygen atoms in total. The van der Waals surface area contributed by atoms with Gasteiger partial charge >= 0.3 is 0 Å². The van der Waals surface area contributed by atoms with Gasteiger partial charge in [0.1, 0.15) is 0 Å². The Morgan fingerprint density at radius 2 is 1.96 bits per heavy atom. The molecule has 2 fully saturated rings. The van der Waals surface area contributed by atoms with Crippen molar-refractivity contribution < 1.29 is 0 Å². The molecule has 5 heteroatoms. The maximum absolute atomic E-state index is 12.6. The van der Waals surface area contributed by atoms with Crippen LogP contribution in [-0.2, 0) is 6.54 Å². The molecule has 1 saturated carbocycles. The molecule has 1 aliphatic heterocycles. The Bertz CT molecular complexity index is 783. The molecule has 1 saturated heterocycles. The second-order valence-corrected chi connectivity index (χ2v) is 7.75. The molecule has 1 aromatic carbocycles. The topological polar surface area (TPSA) is 41.4 Å². The predicted molar refractivity (Wildman–Crippen MR) is 101 cm³/mol. The maximum atomic E-state index is 12.6. The summed E-state index contributed by atoms with van der Waals surface area (Å²) < 4.78 is 1.77. The fourth-order valence-electron chi connectivity index (χ4n) is 4.15. The molecule has 2 heterocycles. The van der Waals surface area contributed by atoms with Crippen molar-refractivity contribution in [1.29, 1.82) is 0 Å². The van der Waals surface area contributed by atoms with Crippen molar-refractivity contribution in [2.24, 2.45) is 5.92 Å². The SMILES string of the molecule is C[C@H]1CN(CCn2cnc3ccccc3c2=O)CCN(C2CCC2)C1. The minimum Gasteiger partial charge on any atom is -0.300 e. The Labute approximate surface area is 149 Å². The summed E-state index contributed by atoms with van der Waals surface area (Å²) in [4.78, 5) is 22.3. The van der Waals surface area contributed by atoms with E-state index in [1.165, 1.54) is 32.4 Å². The van der Waals surface area contributed by atoms with Crippen LogP contribution in [0.1, 0.15) is 26.2 Å². The minimum absolute atomic E-state index is 0.0737. The van der Waals surface area contributed by atoms with Crippen LogP contribution in [0.15, 0.2) is 35.4 Å². The van der Waals surface area contributed by atoms with Crippen LogP contribution in [0, 0.1) is 5.92 Å². The Morgan fingerprint density at radius 3 is 2.76 bits per heavy atom. The number of hydrogen-bond acceptors (Lipinski definition) is 4. The van der Waals surface area contributed by atoms with Gasteiger partial charge in [-0.3, -0.25) is 19.2 Å². The summed E-state index contributed by atoms with van der Waals surface area (Å²) in [6, 6.07) is 8.42. The number of aromatic nitrogens is 2. The van der Waals surface area contributed by atoms with E-state index in [0.29, 0.717) is 17.8 Å². The quantitative estimate of drug-likeness (QED) is 0.856. The Kier molecular flexibility index (Phi) is 4.86. The zero-order chi connectivity index (χ0) is 17.2. The molecule has 1 aromatic heterocycles. The summed E-state index contributed by atoms with van der Waals surface area (Å²) in [5, 5.41) is 0.713.